The summed E-state index contributed by atoms with van der Waals surface area (Å²) in [6, 6.07) is 193. The number of rotatable bonds is 13. The third-order valence-corrected chi connectivity index (χ3v) is 27.9. The number of fused-ring (bicyclic) bond motifs is 18. The van der Waals surface area contributed by atoms with E-state index in [2.05, 4.69) is 561 Å². The van der Waals surface area contributed by atoms with Gasteiger partial charge in [0.05, 0.1) is 66.2 Å². The van der Waals surface area contributed by atoms with Crippen LogP contribution in [0.4, 0.5) is 0 Å². The van der Waals surface area contributed by atoms with Crippen molar-refractivity contribution in [1.29, 1.82) is 0 Å². The summed E-state index contributed by atoms with van der Waals surface area (Å²) in [5, 5.41) is 15.1. The van der Waals surface area contributed by atoms with Gasteiger partial charge in [-0.25, -0.2) is 0 Å². The number of hydrogen-bond acceptors (Lipinski definition) is 0. The van der Waals surface area contributed by atoms with Gasteiger partial charge in [0.25, 0.3) is 0 Å². The van der Waals surface area contributed by atoms with Crippen LogP contribution in [0.1, 0.15) is 0 Å². The summed E-state index contributed by atoms with van der Waals surface area (Å²) in [6.45, 7) is 0. The molecule has 28 rings (SSSR count). The fourth-order valence-corrected chi connectivity index (χ4v) is 21.5. The Bertz CT molecular complexity index is 9500. The van der Waals surface area contributed by atoms with Gasteiger partial charge in [0.2, 0.25) is 0 Å². The highest BCUT2D eigenvalue weighted by Gasteiger charge is 2.24. The van der Waals surface area contributed by atoms with Crippen LogP contribution in [-0.4, -0.2) is 27.4 Å². The second-order valence-corrected chi connectivity index (χ2v) is 35.8. The molecule has 0 amide bonds. The van der Waals surface area contributed by atoms with Crippen molar-refractivity contribution >= 4 is 131 Å². The summed E-state index contributed by atoms with van der Waals surface area (Å²) in [7, 11) is 0. The lowest BCUT2D eigenvalue weighted by Gasteiger charge is -2.10. The van der Waals surface area contributed by atoms with Crippen LogP contribution in [0.2, 0.25) is 0 Å². The summed E-state index contributed by atoms with van der Waals surface area (Å²) in [4.78, 5) is 0. The van der Waals surface area contributed by atoms with Crippen LogP contribution in [0.15, 0.2) is 534 Å². The summed E-state index contributed by atoms with van der Waals surface area (Å²) in [5.74, 6) is 0. The van der Waals surface area contributed by atoms with Crippen molar-refractivity contribution in [3.63, 3.8) is 0 Å². The van der Waals surface area contributed by atoms with Crippen LogP contribution in [0.25, 0.3) is 243 Å². The van der Waals surface area contributed by atoms with Gasteiger partial charge in [-0.3, -0.25) is 0 Å². The summed E-state index contributed by atoms with van der Waals surface area (Å²) >= 11 is 0. The zero-order valence-corrected chi connectivity index (χ0v) is 75.5. The van der Waals surface area contributed by atoms with Gasteiger partial charge in [0, 0.05) is 98.8 Å². The molecule has 0 saturated carbocycles. The van der Waals surface area contributed by atoms with Crippen LogP contribution in [0.5, 0.6) is 0 Å². The Morgan fingerprint density at radius 2 is 0.225 bits per heavy atom. The van der Waals surface area contributed by atoms with E-state index in [0.717, 1.165) is 11.4 Å². The van der Waals surface area contributed by atoms with Crippen molar-refractivity contribution in [2.45, 2.75) is 0 Å². The predicted molar refractivity (Wildman–Crippen MR) is 583 cm³/mol. The van der Waals surface area contributed by atoms with E-state index in [-0.39, 0.29) is 0 Å². The first-order valence-corrected chi connectivity index (χ1v) is 47.4. The molecule has 646 valence electrons. The molecular formula is C132H88N6. The SMILES string of the molecule is c1ccc(-c2ccc(-n3c4ccccc4c4cc(-c5ccc6c(c5)c5ccc(-c7ccccc7)cc5n6-c5ccccc5)ccc43)cc2)cc1.c1ccc(-c2ccc3c(c2)c2cc(-c4ccc5c(c4)c4ccccc4n5-c4ccccc4)ccc2n3-c2ccccc2)cc1.c1ccc(-c2ccc3c4cc(-c5ccc6c(c5)c5ccccc5n6-c5ccccc5)ccc4n(-c4ccccc4)c3c2)cc1. The van der Waals surface area contributed by atoms with Crippen molar-refractivity contribution in [2.24, 2.45) is 0 Å². The largest absolute Gasteiger partial charge is 0.309 e. The number of hydrogen-bond donors (Lipinski definition) is 0. The Balaban J connectivity index is 0.000000107. The first-order chi connectivity index (χ1) is 68.5. The topological polar surface area (TPSA) is 29.6 Å². The number of nitrogens with zero attached hydrogens (tertiary/aromatic N) is 6. The van der Waals surface area contributed by atoms with Gasteiger partial charge in [-0.15, -0.1) is 0 Å². The van der Waals surface area contributed by atoms with E-state index in [4.69, 9.17) is 0 Å². The van der Waals surface area contributed by atoms with Gasteiger partial charge in [0.1, 0.15) is 0 Å². The Hall–Kier alpha value is -18.4. The number of benzene rings is 22. The van der Waals surface area contributed by atoms with E-state index in [0.29, 0.717) is 0 Å². The minimum absolute atomic E-state index is 1.16. The minimum atomic E-state index is 1.16. The zero-order valence-electron chi connectivity index (χ0n) is 75.5. The van der Waals surface area contributed by atoms with Gasteiger partial charge in [-0.05, 0) is 266 Å². The lowest BCUT2D eigenvalue weighted by molar-refractivity contribution is 1.18. The van der Waals surface area contributed by atoms with E-state index < -0.39 is 0 Å². The van der Waals surface area contributed by atoms with Crippen LogP contribution >= 0.6 is 0 Å². The molecule has 0 radical (unpaired) electrons. The minimum Gasteiger partial charge on any atom is -0.309 e. The molecule has 0 spiro atoms. The zero-order chi connectivity index (χ0) is 91.1. The standard InChI is InChI=1S/C48H32N2.2C42H28N2/c1-4-12-33(13-5-1)35-20-25-40(26-21-35)49-45-19-11-10-18-41(45)43-30-36(23-28-46(43)49)37-24-29-47-44(31-37)42-27-22-38(34-14-6-2-7-15-34)32-48(42)50(47)39-16-8-3-9-17-39;1-4-12-29(13-5-1)32-20-23-36-38-27-31(22-25-41(38)44(42(36)28-32)34-16-8-3-9-17-34)30-21-24-40-37(26-30)35-18-10-11-19-39(35)43(40)33-14-6-2-7-15-33;1-4-12-29(13-5-1)30-20-23-41-37(26-30)38-28-32(22-25-42(38)44(41)34-16-8-3-9-17-34)31-21-24-40-36(27-31)35-18-10-11-19-39(35)43(40)33-14-6-2-7-15-33/h1-32H;2*1-28H. The van der Waals surface area contributed by atoms with Crippen LogP contribution in [0, 0.1) is 0 Å². The first-order valence-electron chi connectivity index (χ1n) is 47.4. The molecule has 6 aromatic heterocycles. The maximum atomic E-state index is 2.40. The van der Waals surface area contributed by atoms with Crippen molar-refractivity contribution < 1.29 is 0 Å². The van der Waals surface area contributed by atoms with Crippen LogP contribution in [0.3, 0.4) is 0 Å². The van der Waals surface area contributed by atoms with Crippen LogP contribution < -0.4 is 0 Å². The predicted octanol–water partition coefficient (Wildman–Crippen LogP) is 35.3. The van der Waals surface area contributed by atoms with E-state index in [1.54, 1.807) is 0 Å². The fourth-order valence-electron chi connectivity index (χ4n) is 21.5. The molecule has 0 unspecified atom stereocenters. The van der Waals surface area contributed by atoms with E-state index in [9.17, 15) is 0 Å². The Kier molecular flexibility index (Phi) is 19.9. The Labute approximate surface area is 798 Å². The van der Waals surface area contributed by atoms with E-state index in [1.165, 1.54) is 231 Å². The smallest absolute Gasteiger partial charge is 0.0547 e. The molecule has 0 aliphatic heterocycles. The molecule has 0 aliphatic rings. The van der Waals surface area contributed by atoms with Crippen molar-refractivity contribution in [3.05, 3.63) is 534 Å². The number of para-hydroxylation sites is 8. The summed E-state index contributed by atoms with van der Waals surface area (Å²) in [5.41, 5.74) is 38.7. The van der Waals surface area contributed by atoms with Crippen molar-refractivity contribution in [3.8, 4) is 112 Å². The quantitative estimate of drug-likeness (QED) is 0.110. The second-order valence-electron chi connectivity index (χ2n) is 35.8. The van der Waals surface area contributed by atoms with Gasteiger partial charge in [0.15, 0.2) is 0 Å². The van der Waals surface area contributed by atoms with Gasteiger partial charge < -0.3 is 27.4 Å². The molecule has 138 heavy (non-hydrogen) atoms. The molecule has 0 atom stereocenters. The van der Waals surface area contributed by atoms with Crippen LogP contribution in [-0.2, 0) is 0 Å². The highest BCUT2D eigenvalue weighted by Crippen LogP contribution is 2.46. The summed E-state index contributed by atoms with van der Waals surface area (Å²) < 4.78 is 14.3. The Morgan fingerprint density at radius 1 is 0.0797 bits per heavy atom. The molecule has 6 nitrogen and oxygen atoms in total. The fraction of sp³-hybridized carbons (Fsp3) is 0. The van der Waals surface area contributed by atoms with E-state index >= 15 is 0 Å². The first kappa shape index (κ1) is 80.5. The second kappa shape index (κ2) is 34.0. The van der Waals surface area contributed by atoms with Gasteiger partial charge >= 0.3 is 0 Å². The average Bonchev–Trinajstić information content (AvgIpc) is 1.58. The molecule has 0 aliphatic carbocycles. The molecule has 0 fully saturated rings. The van der Waals surface area contributed by atoms with Gasteiger partial charge in [-0.2, -0.15) is 0 Å². The molecule has 0 saturated heterocycles. The molecule has 28 aromatic rings. The monoisotopic (exact) mass is 1760 g/mol. The highest BCUT2D eigenvalue weighted by atomic mass is 15.0. The average molecular weight is 1760 g/mol. The van der Waals surface area contributed by atoms with Crippen molar-refractivity contribution in [1.82, 2.24) is 27.4 Å². The molecule has 0 bridgehead atoms. The third kappa shape index (κ3) is 14.0. The lowest BCUT2D eigenvalue weighted by Crippen LogP contribution is -1.94. The van der Waals surface area contributed by atoms with Gasteiger partial charge in [-0.1, -0.05) is 346 Å². The summed E-state index contributed by atoms with van der Waals surface area (Å²) in [6.07, 6.45) is 0. The third-order valence-electron chi connectivity index (χ3n) is 27.9. The Morgan fingerprint density at radius 3 is 0.471 bits per heavy atom. The van der Waals surface area contributed by atoms with E-state index in [1.807, 2.05) is 0 Å². The molecule has 6 heteroatoms. The molecule has 6 heterocycles. The molecule has 22 aromatic carbocycles. The maximum Gasteiger partial charge on any atom is 0.0547 e. The highest BCUT2D eigenvalue weighted by molar-refractivity contribution is 6.18. The maximum absolute atomic E-state index is 2.40. The molecular weight excluding hydrogens is 1670 g/mol. The normalized spacial score (nSPS) is 11.6. The van der Waals surface area contributed by atoms with Crippen molar-refractivity contribution in [2.75, 3.05) is 0 Å². The molecule has 0 N–H and O–H groups in total. The number of aromatic nitrogens is 6. The lowest BCUT2D eigenvalue weighted by atomic mass is 9.99.